The predicted molar refractivity (Wildman–Crippen MR) is 83.6 cm³/mol. The molecule has 2 aromatic rings. The Morgan fingerprint density at radius 2 is 2.05 bits per heavy atom. The minimum Gasteiger partial charge on any atom is -0.493 e. The van der Waals surface area contributed by atoms with Crippen LogP contribution in [0.2, 0.25) is 0 Å². The molecule has 0 aliphatic carbocycles. The average molecular weight is 333 g/mol. The van der Waals surface area contributed by atoms with Gasteiger partial charge in [-0.3, -0.25) is 0 Å². The Bertz CT molecular complexity index is 650. The van der Waals surface area contributed by atoms with E-state index in [-0.39, 0.29) is 0 Å². The smallest absolute Gasteiger partial charge is 0.129 e. The number of benzene rings is 2. The molecule has 0 saturated carbocycles. The molecule has 104 valence electrons. The minimum atomic E-state index is 0.533. The van der Waals surface area contributed by atoms with Gasteiger partial charge in [-0.05, 0) is 43.2 Å². The maximum absolute atomic E-state index is 5.96. The van der Waals surface area contributed by atoms with E-state index in [0.29, 0.717) is 6.61 Å². The molecule has 0 aromatic heterocycles. The van der Waals surface area contributed by atoms with Crippen molar-refractivity contribution in [3.05, 3.63) is 57.1 Å². The zero-order chi connectivity index (χ0) is 14.1. The van der Waals surface area contributed by atoms with Crippen molar-refractivity contribution < 1.29 is 9.47 Å². The van der Waals surface area contributed by atoms with Crippen LogP contribution in [0.4, 0.5) is 0 Å². The average Bonchev–Trinajstić information content (AvgIpc) is 2.85. The van der Waals surface area contributed by atoms with Crippen LogP contribution in [0.3, 0.4) is 0 Å². The third kappa shape index (κ3) is 2.68. The number of aryl methyl sites for hydroxylation is 2. The molecule has 3 rings (SSSR count). The molecule has 0 radical (unpaired) electrons. The number of halogens is 1. The van der Waals surface area contributed by atoms with Crippen LogP contribution in [0.5, 0.6) is 11.5 Å². The summed E-state index contributed by atoms with van der Waals surface area (Å²) in [5.41, 5.74) is 4.78. The lowest BCUT2D eigenvalue weighted by molar-refractivity contribution is 0.290. The summed E-state index contributed by atoms with van der Waals surface area (Å²) >= 11 is 3.55. The minimum absolute atomic E-state index is 0.533. The largest absolute Gasteiger partial charge is 0.493 e. The Hall–Kier alpha value is -1.48. The molecular weight excluding hydrogens is 316 g/mol. The molecular formula is C17H17BrO2. The number of hydrogen-bond donors (Lipinski definition) is 0. The maximum Gasteiger partial charge on any atom is 0.129 e. The number of ether oxygens (including phenoxy) is 2. The first-order chi connectivity index (χ1) is 9.63. The third-order valence-corrected chi connectivity index (χ3v) is 4.00. The van der Waals surface area contributed by atoms with Crippen LogP contribution in [0.25, 0.3) is 0 Å². The molecule has 0 atom stereocenters. The summed E-state index contributed by atoms with van der Waals surface area (Å²) < 4.78 is 12.8. The maximum atomic E-state index is 5.96. The van der Waals surface area contributed by atoms with Gasteiger partial charge in [0.15, 0.2) is 0 Å². The van der Waals surface area contributed by atoms with Gasteiger partial charge in [-0.15, -0.1) is 0 Å². The summed E-state index contributed by atoms with van der Waals surface area (Å²) in [6, 6.07) is 10.4. The SMILES string of the molecule is Cc1ccc(OCc2cc(Br)cc3c2OCC3)c(C)c1. The normalized spacial score (nSPS) is 12.9. The molecule has 1 heterocycles. The first kappa shape index (κ1) is 13.5. The van der Waals surface area contributed by atoms with E-state index in [0.717, 1.165) is 40.1 Å². The van der Waals surface area contributed by atoms with Gasteiger partial charge in [-0.2, -0.15) is 0 Å². The quantitative estimate of drug-likeness (QED) is 0.819. The van der Waals surface area contributed by atoms with Crippen molar-refractivity contribution in [2.24, 2.45) is 0 Å². The van der Waals surface area contributed by atoms with Crippen molar-refractivity contribution in [2.45, 2.75) is 26.9 Å². The van der Waals surface area contributed by atoms with Crippen LogP contribution >= 0.6 is 15.9 Å². The highest BCUT2D eigenvalue weighted by molar-refractivity contribution is 9.10. The van der Waals surface area contributed by atoms with Crippen molar-refractivity contribution in [1.29, 1.82) is 0 Å². The second-order valence-corrected chi connectivity index (χ2v) is 6.12. The molecule has 0 amide bonds. The van der Waals surface area contributed by atoms with Gasteiger partial charge in [-0.1, -0.05) is 33.6 Å². The summed E-state index contributed by atoms with van der Waals surface area (Å²) in [5, 5.41) is 0. The number of fused-ring (bicyclic) bond motifs is 1. The Morgan fingerprint density at radius 1 is 1.20 bits per heavy atom. The Balaban J connectivity index is 1.82. The lowest BCUT2D eigenvalue weighted by atomic mass is 10.1. The van der Waals surface area contributed by atoms with E-state index in [9.17, 15) is 0 Å². The predicted octanol–water partition coefficient (Wildman–Crippen LogP) is 4.58. The van der Waals surface area contributed by atoms with E-state index < -0.39 is 0 Å². The van der Waals surface area contributed by atoms with Gasteiger partial charge in [0.25, 0.3) is 0 Å². The third-order valence-electron chi connectivity index (χ3n) is 3.54. The van der Waals surface area contributed by atoms with Gasteiger partial charge < -0.3 is 9.47 Å². The lowest BCUT2D eigenvalue weighted by Crippen LogP contribution is -2.00. The van der Waals surface area contributed by atoms with E-state index in [1.165, 1.54) is 11.1 Å². The van der Waals surface area contributed by atoms with Gasteiger partial charge >= 0.3 is 0 Å². The van der Waals surface area contributed by atoms with E-state index in [1.54, 1.807) is 0 Å². The fourth-order valence-electron chi connectivity index (χ4n) is 2.57. The summed E-state index contributed by atoms with van der Waals surface area (Å²) in [6.45, 7) is 5.46. The van der Waals surface area contributed by atoms with Crippen LogP contribution in [-0.2, 0) is 13.0 Å². The van der Waals surface area contributed by atoms with E-state index in [4.69, 9.17) is 9.47 Å². The highest BCUT2D eigenvalue weighted by Gasteiger charge is 2.17. The molecule has 0 N–H and O–H groups in total. The fourth-order valence-corrected chi connectivity index (χ4v) is 3.12. The zero-order valence-electron chi connectivity index (χ0n) is 11.7. The van der Waals surface area contributed by atoms with Crippen LogP contribution < -0.4 is 9.47 Å². The van der Waals surface area contributed by atoms with Crippen LogP contribution in [-0.4, -0.2) is 6.61 Å². The summed E-state index contributed by atoms with van der Waals surface area (Å²) in [5.74, 6) is 1.93. The number of hydrogen-bond acceptors (Lipinski definition) is 2. The molecule has 0 saturated heterocycles. The lowest BCUT2D eigenvalue weighted by Gasteiger charge is -2.12. The van der Waals surface area contributed by atoms with Crippen LogP contribution in [0.1, 0.15) is 22.3 Å². The van der Waals surface area contributed by atoms with Crippen molar-refractivity contribution in [2.75, 3.05) is 6.61 Å². The second kappa shape index (κ2) is 5.49. The zero-order valence-corrected chi connectivity index (χ0v) is 13.3. The summed E-state index contributed by atoms with van der Waals surface area (Å²) in [6.07, 6.45) is 0.978. The monoisotopic (exact) mass is 332 g/mol. The highest BCUT2D eigenvalue weighted by Crippen LogP contribution is 2.34. The molecule has 3 heteroatoms. The molecule has 1 aliphatic heterocycles. The summed E-state index contributed by atoms with van der Waals surface area (Å²) in [7, 11) is 0. The highest BCUT2D eigenvalue weighted by atomic mass is 79.9. The van der Waals surface area contributed by atoms with Crippen molar-refractivity contribution in [3.63, 3.8) is 0 Å². The topological polar surface area (TPSA) is 18.5 Å². The molecule has 0 unspecified atom stereocenters. The Morgan fingerprint density at radius 3 is 2.85 bits per heavy atom. The first-order valence-electron chi connectivity index (χ1n) is 6.77. The van der Waals surface area contributed by atoms with E-state index >= 15 is 0 Å². The molecule has 0 spiro atoms. The number of rotatable bonds is 3. The molecule has 20 heavy (non-hydrogen) atoms. The van der Waals surface area contributed by atoms with E-state index in [1.807, 2.05) is 6.07 Å². The van der Waals surface area contributed by atoms with Gasteiger partial charge in [0.1, 0.15) is 18.1 Å². The van der Waals surface area contributed by atoms with Crippen LogP contribution in [0, 0.1) is 13.8 Å². The first-order valence-corrected chi connectivity index (χ1v) is 7.57. The van der Waals surface area contributed by atoms with Gasteiger partial charge in [0.05, 0.1) is 6.61 Å². The second-order valence-electron chi connectivity index (χ2n) is 5.21. The van der Waals surface area contributed by atoms with E-state index in [2.05, 4.69) is 54.0 Å². The molecule has 2 aromatic carbocycles. The molecule has 0 fully saturated rings. The van der Waals surface area contributed by atoms with Crippen molar-refractivity contribution >= 4 is 15.9 Å². The van der Waals surface area contributed by atoms with Crippen LogP contribution in [0.15, 0.2) is 34.8 Å². The summed E-state index contributed by atoms with van der Waals surface area (Å²) in [4.78, 5) is 0. The molecule has 2 nitrogen and oxygen atoms in total. The standard InChI is InChI=1S/C17H17BrO2/c1-11-3-4-16(12(2)7-11)20-10-14-9-15(18)8-13-5-6-19-17(13)14/h3-4,7-9H,5-6,10H2,1-2H3. The molecule has 0 bridgehead atoms. The van der Waals surface area contributed by atoms with Gasteiger partial charge in [0.2, 0.25) is 0 Å². The Kier molecular flexibility index (Phi) is 3.70. The van der Waals surface area contributed by atoms with Crippen molar-refractivity contribution in [3.8, 4) is 11.5 Å². The van der Waals surface area contributed by atoms with Crippen molar-refractivity contribution in [1.82, 2.24) is 0 Å². The van der Waals surface area contributed by atoms with Gasteiger partial charge in [-0.25, -0.2) is 0 Å². The Labute approximate surface area is 127 Å². The fraction of sp³-hybridized carbons (Fsp3) is 0.294. The van der Waals surface area contributed by atoms with Gasteiger partial charge in [0, 0.05) is 16.5 Å². The molecule has 1 aliphatic rings.